The molecular weight excluding hydrogens is 316 g/mol. The second-order valence-corrected chi connectivity index (χ2v) is 5.42. The summed E-state index contributed by atoms with van der Waals surface area (Å²) in [6.45, 7) is 4.57. The summed E-state index contributed by atoms with van der Waals surface area (Å²) in [5.74, 6) is 1.29. The summed E-state index contributed by atoms with van der Waals surface area (Å²) in [6.07, 6.45) is 3.68. The van der Waals surface area contributed by atoms with Crippen LogP contribution >= 0.6 is 0 Å². The van der Waals surface area contributed by atoms with E-state index in [4.69, 9.17) is 9.47 Å². The number of nitrogens with zero attached hydrogens (tertiary/aromatic N) is 2. The van der Waals surface area contributed by atoms with Crippen molar-refractivity contribution in [2.75, 3.05) is 18.7 Å². The molecule has 0 aliphatic rings. The standard InChI is InChI=1S/C20H24N2O3/c1-4-6-15-25-19-11-7-16(8-12-19)20(23)22(21-5-2)17-9-13-18(24-3)14-10-17/h5,7-14H,4,6,15H2,1-3H3/b21-5+. The number of benzene rings is 2. The number of methoxy groups -OCH3 is 1. The van der Waals surface area contributed by atoms with Gasteiger partial charge in [-0.05, 0) is 61.9 Å². The van der Waals surface area contributed by atoms with Crippen molar-refractivity contribution in [2.24, 2.45) is 5.10 Å². The summed E-state index contributed by atoms with van der Waals surface area (Å²) in [4.78, 5) is 12.8. The van der Waals surface area contributed by atoms with Crippen LogP contribution in [0.15, 0.2) is 53.6 Å². The van der Waals surface area contributed by atoms with E-state index in [1.807, 2.05) is 12.1 Å². The highest BCUT2D eigenvalue weighted by molar-refractivity contribution is 6.06. The molecule has 0 aliphatic heterocycles. The first-order valence-electron chi connectivity index (χ1n) is 8.39. The van der Waals surface area contributed by atoms with Crippen LogP contribution in [0.25, 0.3) is 0 Å². The van der Waals surface area contributed by atoms with Crippen LogP contribution in [0.3, 0.4) is 0 Å². The third-order valence-corrected chi connectivity index (χ3v) is 3.61. The zero-order valence-corrected chi connectivity index (χ0v) is 14.9. The lowest BCUT2D eigenvalue weighted by atomic mass is 10.2. The molecule has 5 heteroatoms. The van der Waals surface area contributed by atoms with Gasteiger partial charge in [-0.2, -0.15) is 10.1 Å². The summed E-state index contributed by atoms with van der Waals surface area (Å²) in [5.41, 5.74) is 1.22. The average molecular weight is 340 g/mol. The van der Waals surface area contributed by atoms with E-state index in [2.05, 4.69) is 12.0 Å². The first-order valence-corrected chi connectivity index (χ1v) is 8.39. The molecule has 0 radical (unpaired) electrons. The first kappa shape index (κ1) is 18.5. The highest BCUT2D eigenvalue weighted by Gasteiger charge is 2.17. The Hall–Kier alpha value is -2.82. The molecule has 0 fully saturated rings. The minimum absolute atomic E-state index is 0.205. The van der Waals surface area contributed by atoms with Gasteiger partial charge in [0.25, 0.3) is 5.91 Å². The van der Waals surface area contributed by atoms with Crippen LogP contribution in [-0.2, 0) is 0 Å². The summed E-state index contributed by atoms with van der Waals surface area (Å²) >= 11 is 0. The summed E-state index contributed by atoms with van der Waals surface area (Å²) in [6, 6.07) is 14.3. The number of carbonyl (C=O) groups is 1. The van der Waals surface area contributed by atoms with Gasteiger partial charge >= 0.3 is 0 Å². The fourth-order valence-corrected chi connectivity index (χ4v) is 2.23. The lowest BCUT2D eigenvalue weighted by Gasteiger charge is -2.17. The molecule has 5 nitrogen and oxygen atoms in total. The number of unbranched alkanes of at least 4 members (excludes halogenated alkanes) is 1. The van der Waals surface area contributed by atoms with E-state index in [1.54, 1.807) is 56.6 Å². The molecule has 0 heterocycles. The first-order chi connectivity index (χ1) is 12.2. The van der Waals surface area contributed by atoms with E-state index >= 15 is 0 Å². The molecule has 25 heavy (non-hydrogen) atoms. The highest BCUT2D eigenvalue weighted by atomic mass is 16.5. The zero-order chi connectivity index (χ0) is 18.1. The zero-order valence-electron chi connectivity index (χ0n) is 14.9. The van der Waals surface area contributed by atoms with E-state index < -0.39 is 0 Å². The molecule has 2 rings (SSSR count). The Kier molecular flexibility index (Phi) is 7.01. The van der Waals surface area contributed by atoms with Crippen LogP contribution < -0.4 is 14.5 Å². The van der Waals surface area contributed by atoms with E-state index in [1.165, 1.54) is 5.01 Å². The van der Waals surface area contributed by atoms with Crippen LogP contribution in [0.4, 0.5) is 5.69 Å². The molecule has 0 unspecified atom stereocenters. The van der Waals surface area contributed by atoms with Crippen molar-refractivity contribution >= 4 is 17.8 Å². The second-order valence-electron chi connectivity index (χ2n) is 5.42. The molecule has 0 bridgehead atoms. The van der Waals surface area contributed by atoms with Crippen LogP contribution in [-0.4, -0.2) is 25.8 Å². The Labute approximate surface area is 148 Å². The van der Waals surface area contributed by atoms with Crippen LogP contribution in [0.5, 0.6) is 11.5 Å². The van der Waals surface area contributed by atoms with Crippen molar-refractivity contribution in [1.29, 1.82) is 0 Å². The van der Waals surface area contributed by atoms with Gasteiger partial charge in [-0.3, -0.25) is 4.79 Å². The van der Waals surface area contributed by atoms with Crippen molar-refractivity contribution < 1.29 is 14.3 Å². The van der Waals surface area contributed by atoms with Gasteiger partial charge < -0.3 is 9.47 Å². The third kappa shape index (κ3) is 5.08. The molecular formula is C20H24N2O3. The van der Waals surface area contributed by atoms with Gasteiger partial charge in [0.05, 0.1) is 19.4 Å². The molecule has 2 aromatic rings. The average Bonchev–Trinajstić information content (AvgIpc) is 2.66. The summed E-state index contributed by atoms with van der Waals surface area (Å²) in [5, 5.41) is 5.56. The SMILES string of the molecule is C/C=N/N(C(=O)c1ccc(OCCCC)cc1)c1ccc(OC)cc1. The molecule has 2 aromatic carbocycles. The number of amides is 1. The molecule has 0 N–H and O–H groups in total. The van der Waals surface area contributed by atoms with Crippen molar-refractivity contribution in [1.82, 2.24) is 0 Å². The largest absolute Gasteiger partial charge is 0.497 e. The predicted octanol–water partition coefficient (Wildman–Crippen LogP) is 4.53. The monoisotopic (exact) mass is 340 g/mol. The molecule has 0 atom stereocenters. The molecule has 1 amide bonds. The normalized spacial score (nSPS) is 10.7. The topological polar surface area (TPSA) is 51.1 Å². The maximum absolute atomic E-state index is 12.8. The van der Waals surface area contributed by atoms with Crippen LogP contribution in [0.1, 0.15) is 37.0 Å². The maximum Gasteiger partial charge on any atom is 0.278 e. The number of hydrogen-bond donors (Lipinski definition) is 0. The smallest absolute Gasteiger partial charge is 0.278 e. The summed E-state index contributed by atoms with van der Waals surface area (Å²) < 4.78 is 10.8. The molecule has 0 saturated heterocycles. The molecule has 0 saturated carbocycles. The fraction of sp³-hybridized carbons (Fsp3) is 0.300. The van der Waals surface area contributed by atoms with Crippen molar-refractivity contribution in [3.8, 4) is 11.5 Å². The van der Waals surface area contributed by atoms with Crippen molar-refractivity contribution in [3.63, 3.8) is 0 Å². The maximum atomic E-state index is 12.8. The van der Waals surface area contributed by atoms with Gasteiger partial charge in [0, 0.05) is 11.8 Å². The number of rotatable bonds is 8. The minimum Gasteiger partial charge on any atom is -0.497 e. The van der Waals surface area contributed by atoms with Gasteiger partial charge in [0.2, 0.25) is 0 Å². The van der Waals surface area contributed by atoms with Crippen molar-refractivity contribution in [3.05, 3.63) is 54.1 Å². The number of anilines is 1. The quantitative estimate of drug-likeness (QED) is 0.403. The Balaban J connectivity index is 2.16. The van der Waals surface area contributed by atoms with E-state index in [0.717, 1.165) is 24.3 Å². The Morgan fingerprint density at radius 3 is 2.28 bits per heavy atom. The Morgan fingerprint density at radius 1 is 1.08 bits per heavy atom. The van der Waals surface area contributed by atoms with E-state index in [9.17, 15) is 4.79 Å². The van der Waals surface area contributed by atoms with E-state index in [-0.39, 0.29) is 5.91 Å². The Morgan fingerprint density at radius 2 is 1.72 bits per heavy atom. The number of hydrogen-bond acceptors (Lipinski definition) is 4. The molecule has 0 spiro atoms. The van der Waals surface area contributed by atoms with Crippen molar-refractivity contribution in [2.45, 2.75) is 26.7 Å². The number of ether oxygens (including phenoxy) is 2. The van der Waals surface area contributed by atoms with Crippen LogP contribution in [0.2, 0.25) is 0 Å². The lowest BCUT2D eigenvalue weighted by Crippen LogP contribution is -2.25. The fourth-order valence-electron chi connectivity index (χ4n) is 2.23. The second kappa shape index (κ2) is 9.47. The lowest BCUT2D eigenvalue weighted by molar-refractivity contribution is 0.0987. The number of hydrazone groups is 1. The van der Waals surface area contributed by atoms with Gasteiger partial charge in [-0.1, -0.05) is 13.3 Å². The van der Waals surface area contributed by atoms with Gasteiger partial charge in [-0.15, -0.1) is 0 Å². The predicted molar refractivity (Wildman–Crippen MR) is 101 cm³/mol. The minimum atomic E-state index is -0.205. The van der Waals surface area contributed by atoms with Crippen LogP contribution in [0, 0.1) is 0 Å². The van der Waals surface area contributed by atoms with Gasteiger partial charge in [0.15, 0.2) is 0 Å². The van der Waals surface area contributed by atoms with E-state index in [0.29, 0.717) is 17.9 Å². The summed E-state index contributed by atoms with van der Waals surface area (Å²) in [7, 11) is 1.60. The highest BCUT2D eigenvalue weighted by Crippen LogP contribution is 2.22. The molecule has 0 aromatic heterocycles. The van der Waals surface area contributed by atoms with Gasteiger partial charge in [-0.25, -0.2) is 0 Å². The molecule has 0 aliphatic carbocycles. The third-order valence-electron chi connectivity index (χ3n) is 3.61. The molecule has 132 valence electrons. The van der Waals surface area contributed by atoms with Gasteiger partial charge in [0.1, 0.15) is 11.5 Å². The number of carbonyl (C=O) groups excluding carboxylic acids is 1. The Bertz CT molecular complexity index is 694.